The lowest BCUT2D eigenvalue weighted by molar-refractivity contribution is 0.0908. The first-order chi connectivity index (χ1) is 13.9. The minimum absolute atomic E-state index is 0.0769. The topological polar surface area (TPSA) is 65.5 Å². The molecule has 3 rings (SSSR count). The van der Waals surface area contributed by atoms with Gasteiger partial charge in [-0.3, -0.25) is 4.79 Å². The van der Waals surface area contributed by atoms with Crippen molar-refractivity contribution in [2.75, 3.05) is 24.6 Å². The number of nitrogens with one attached hydrogen (secondary N) is 1. The van der Waals surface area contributed by atoms with Gasteiger partial charge in [0.05, 0.1) is 18.2 Å². The fourth-order valence-electron chi connectivity index (χ4n) is 3.80. The molecular formula is C23H30ClN3O2. The summed E-state index contributed by atoms with van der Waals surface area (Å²) in [5.41, 5.74) is 3.42. The van der Waals surface area contributed by atoms with Gasteiger partial charge in [0.15, 0.2) is 0 Å². The molecule has 0 saturated carbocycles. The van der Waals surface area contributed by atoms with Crippen LogP contribution in [0.1, 0.15) is 49.0 Å². The van der Waals surface area contributed by atoms with Gasteiger partial charge in [-0.05, 0) is 61.4 Å². The number of carbonyl (C=O) groups is 1. The molecule has 0 spiro atoms. The summed E-state index contributed by atoms with van der Waals surface area (Å²) in [5.74, 6) is 1.08. The van der Waals surface area contributed by atoms with Crippen molar-refractivity contribution in [2.24, 2.45) is 5.92 Å². The number of carbonyl (C=O) groups excluding carboxylic acids is 1. The molecule has 1 fully saturated rings. The second kappa shape index (κ2) is 9.59. The summed E-state index contributed by atoms with van der Waals surface area (Å²) in [4.78, 5) is 19.8. The van der Waals surface area contributed by atoms with E-state index in [-0.39, 0.29) is 18.6 Å². The van der Waals surface area contributed by atoms with Crippen molar-refractivity contribution in [3.8, 4) is 11.1 Å². The minimum Gasteiger partial charge on any atom is -0.394 e. The van der Waals surface area contributed by atoms with E-state index in [1.54, 1.807) is 6.20 Å². The second-order valence-electron chi connectivity index (χ2n) is 8.24. The lowest BCUT2D eigenvalue weighted by Crippen LogP contribution is -2.38. The van der Waals surface area contributed by atoms with Gasteiger partial charge in [0, 0.05) is 29.9 Å². The van der Waals surface area contributed by atoms with Crippen molar-refractivity contribution >= 4 is 23.3 Å². The summed E-state index contributed by atoms with van der Waals surface area (Å²) in [7, 11) is 0. The molecule has 1 aromatic heterocycles. The van der Waals surface area contributed by atoms with Crippen LogP contribution in [0.3, 0.4) is 0 Å². The smallest absolute Gasteiger partial charge is 0.253 e. The van der Waals surface area contributed by atoms with Crippen LogP contribution in [0.15, 0.2) is 30.5 Å². The molecule has 156 valence electrons. The van der Waals surface area contributed by atoms with Gasteiger partial charge in [-0.1, -0.05) is 31.5 Å². The van der Waals surface area contributed by atoms with Crippen LogP contribution in [0, 0.1) is 12.8 Å². The maximum absolute atomic E-state index is 12.8. The number of aliphatic hydroxyl groups is 1. The average Bonchev–Trinajstić information content (AvgIpc) is 3.23. The molecule has 6 heteroatoms. The molecule has 0 unspecified atom stereocenters. The molecular weight excluding hydrogens is 386 g/mol. The number of aliphatic hydroxyl groups excluding tert-OH is 1. The van der Waals surface area contributed by atoms with Crippen LogP contribution in [0.25, 0.3) is 11.1 Å². The standard InChI is InChI=1S/C23H30ClN3O2/c1-15(2)10-19(14-28)26-23(29)18-12-20(17-6-7-21(24)16(3)11-17)22(25-13-18)27-8-4-5-9-27/h6-7,11-13,15,19,28H,4-5,8-10,14H2,1-3H3,(H,26,29)/t19-/m0/s1. The van der Waals surface area contributed by atoms with Crippen molar-refractivity contribution in [1.82, 2.24) is 10.3 Å². The fourth-order valence-corrected chi connectivity index (χ4v) is 3.92. The van der Waals surface area contributed by atoms with E-state index >= 15 is 0 Å². The third-order valence-electron chi connectivity index (χ3n) is 5.31. The molecule has 1 aliphatic heterocycles. The zero-order valence-electron chi connectivity index (χ0n) is 17.4. The van der Waals surface area contributed by atoms with E-state index in [0.717, 1.165) is 59.9 Å². The Bertz CT molecular complexity index is 863. The number of aryl methyl sites for hydroxylation is 1. The van der Waals surface area contributed by atoms with E-state index < -0.39 is 0 Å². The zero-order chi connectivity index (χ0) is 21.0. The molecule has 2 aromatic rings. The number of amides is 1. The highest BCUT2D eigenvalue weighted by Crippen LogP contribution is 2.33. The van der Waals surface area contributed by atoms with Crippen LogP contribution < -0.4 is 10.2 Å². The maximum Gasteiger partial charge on any atom is 0.253 e. The first-order valence-electron chi connectivity index (χ1n) is 10.3. The highest BCUT2D eigenvalue weighted by Gasteiger charge is 2.21. The molecule has 1 aliphatic rings. The number of benzene rings is 1. The first-order valence-corrected chi connectivity index (χ1v) is 10.7. The van der Waals surface area contributed by atoms with Crippen molar-refractivity contribution < 1.29 is 9.90 Å². The Morgan fingerprint density at radius 2 is 2.00 bits per heavy atom. The molecule has 1 aromatic carbocycles. The highest BCUT2D eigenvalue weighted by molar-refractivity contribution is 6.31. The molecule has 1 atom stereocenters. The van der Waals surface area contributed by atoms with Gasteiger partial charge in [0.1, 0.15) is 5.82 Å². The summed E-state index contributed by atoms with van der Waals surface area (Å²) in [6.45, 7) is 7.98. The van der Waals surface area contributed by atoms with Crippen molar-refractivity contribution in [3.05, 3.63) is 46.6 Å². The summed E-state index contributed by atoms with van der Waals surface area (Å²) in [6.07, 6.45) is 4.66. The van der Waals surface area contributed by atoms with Gasteiger partial charge in [-0.25, -0.2) is 4.98 Å². The van der Waals surface area contributed by atoms with Gasteiger partial charge in [0.2, 0.25) is 0 Å². The number of aromatic nitrogens is 1. The lowest BCUT2D eigenvalue weighted by Gasteiger charge is -2.22. The summed E-state index contributed by atoms with van der Waals surface area (Å²) < 4.78 is 0. The number of rotatable bonds is 7. The number of nitrogens with zero attached hydrogens (tertiary/aromatic N) is 2. The Morgan fingerprint density at radius 3 is 2.62 bits per heavy atom. The largest absolute Gasteiger partial charge is 0.394 e. The van der Waals surface area contributed by atoms with Crippen LogP contribution in [0.4, 0.5) is 5.82 Å². The van der Waals surface area contributed by atoms with Gasteiger partial charge < -0.3 is 15.3 Å². The third kappa shape index (κ3) is 5.28. The van der Waals surface area contributed by atoms with E-state index in [1.165, 1.54) is 0 Å². The van der Waals surface area contributed by atoms with Gasteiger partial charge >= 0.3 is 0 Å². The maximum atomic E-state index is 12.8. The van der Waals surface area contributed by atoms with Crippen LogP contribution in [0.2, 0.25) is 5.02 Å². The molecule has 0 radical (unpaired) electrons. The van der Waals surface area contributed by atoms with Crippen LogP contribution in [-0.4, -0.2) is 41.7 Å². The summed E-state index contributed by atoms with van der Waals surface area (Å²) in [5, 5.41) is 13.3. The molecule has 0 bridgehead atoms. The Labute approximate surface area is 178 Å². The Morgan fingerprint density at radius 1 is 1.28 bits per heavy atom. The third-order valence-corrected chi connectivity index (χ3v) is 5.74. The summed E-state index contributed by atoms with van der Waals surface area (Å²) >= 11 is 6.22. The van der Waals surface area contributed by atoms with Gasteiger partial charge in [0.25, 0.3) is 5.91 Å². The monoisotopic (exact) mass is 415 g/mol. The van der Waals surface area contributed by atoms with E-state index in [2.05, 4.69) is 29.0 Å². The van der Waals surface area contributed by atoms with Crippen molar-refractivity contribution in [3.63, 3.8) is 0 Å². The van der Waals surface area contributed by atoms with E-state index in [9.17, 15) is 9.90 Å². The molecule has 0 aliphatic carbocycles. The average molecular weight is 416 g/mol. The molecule has 2 N–H and O–H groups in total. The fraction of sp³-hybridized carbons (Fsp3) is 0.478. The predicted octanol–water partition coefficient (Wildman–Crippen LogP) is 4.45. The van der Waals surface area contributed by atoms with Crippen LogP contribution >= 0.6 is 11.6 Å². The molecule has 2 heterocycles. The summed E-state index contributed by atoms with van der Waals surface area (Å²) in [6, 6.07) is 7.54. The minimum atomic E-state index is -0.262. The molecule has 29 heavy (non-hydrogen) atoms. The number of halogens is 1. The molecule has 1 amide bonds. The Balaban J connectivity index is 1.95. The van der Waals surface area contributed by atoms with Gasteiger partial charge in [-0.15, -0.1) is 0 Å². The number of anilines is 1. The van der Waals surface area contributed by atoms with Crippen LogP contribution in [-0.2, 0) is 0 Å². The first kappa shape index (κ1) is 21.6. The van der Waals surface area contributed by atoms with Crippen molar-refractivity contribution in [2.45, 2.75) is 46.1 Å². The van der Waals surface area contributed by atoms with E-state index in [0.29, 0.717) is 11.5 Å². The number of hydrogen-bond acceptors (Lipinski definition) is 4. The Kier molecular flexibility index (Phi) is 7.14. The number of hydrogen-bond donors (Lipinski definition) is 2. The van der Waals surface area contributed by atoms with Gasteiger partial charge in [-0.2, -0.15) is 0 Å². The van der Waals surface area contributed by atoms with Crippen molar-refractivity contribution in [1.29, 1.82) is 0 Å². The number of pyridine rings is 1. The highest BCUT2D eigenvalue weighted by atomic mass is 35.5. The van der Waals surface area contributed by atoms with E-state index in [1.807, 2.05) is 31.2 Å². The zero-order valence-corrected chi connectivity index (χ0v) is 18.2. The lowest BCUT2D eigenvalue weighted by atomic mass is 10.0. The quantitative estimate of drug-likeness (QED) is 0.701. The molecule has 5 nitrogen and oxygen atoms in total. The second-order valence-corrected chi connectivity index (χ2v) is 8.64. The Hall–Kier alpha value is -2.11. The predicted molar refractivity (Wildman–Crippen MR) is 119 cm³/mol. The molecule has 1 saturated heterocycles. The van der Waals surface area contributed by atoms with E-state index in [4.69, 9.17) is 11.6 Å². The van der Waals surface area contributed by atoms with Crippen LogP contribution in [0.5, 0.6) is 0 Å². The SMILES string of the molecule is Cc1cc(-c2cc(C(=O)N[C@H](CO)CC(C)C)cnc2N2CCCC2)ccc1Cl. The normalized spacial score (nSPS) is 15.0.